The normalized spacial score (nSPS) is 12.2. The average Bonchev–Trinajstić information content (AvgIpc) is 2.46. The molecule has 1 aromatic rings. The van der Waals surface area contributed by atoms with E-state index in [1.54, 1.807) is 59.0 Å². The van der Waals surface area contributed by atoms with Crippen LogP contribution in [-0.4, -0.2) is 48.7 Å². The van der Waals surface area contributed by atoms with Crippen LogP contribution in [0.2, 0.25) is 5.02 Å². The zero-order valence-electron chi connectivity index (χ0n) is 14.8. The number of carbonyl (C=O) groups is 2. The SMILES string of the molecule is C[C@@H](NC(=O)OC(C)(C)C)C(=O)N(C)CCOc1ccc(Cl)cc1. The largest absolute Gasteiger partial charge is 0.492 e. The number of likely N-dealkylation sites (N-methyl/N-ethyl adjacent to an activating group) is 1. The number of alkyl carbamates (subject to hydrolysis) is 1. The average molecular weight is 357 g/mol. The summed E-state index contributed by atoms with van der Waals surface area (Å²) in [6.07, 6.45) is -0.617. The van der Waals surface area contributed by atoms with Gasteiger partial charge in [-0.3, -0.25) is 4.79 Å². The molecule has 1 rings (SSSR count). The zero-order chi connectivity index (χ0) is 18.3. The summed E-state index contributed by atoms with van der Waals surface area (Å²) in [5.41, 5.74) is -0.606. The highest BCUT2D eigenvalue weighted by Crippen LogP contribution is 2.15. The minimum atomic E-state index is -0.680. The summed E-state index contributed by atoms with van der Waals surface area (Å²) in [6.45, 7) is 7.63. The van der Waals surface area contributed by atoms with E-state index in [-0.39, 0.29) is 5.91 Å². The monoisotopic (exact) mass is 356 g/mol. The van der Waals surface area contributed by atoms with Gasteiger partial charge >= 0.3 is 6.09 Å². The molecule has 1 N–H and O–H groups in total. The molecule has 0 bridgehead atoms. The van der Waals surface area contributed by atoms with Gasteiger partial charge in [-0.1, -0.05) is 11.6 Å². The van der Waals surface area contributed by atoms with Crippen LogP contribution < -0.4 is 10.1 Å². The second-order valence-electron chi connectivity index (χ2n) is 6.43. The van der Waals surface area contributed by atoms with Crippen molar-refractivity contribution in [1.29, 1.82) is 0 Å². The first-order valence-electron chi connectivity index (χ1n) is 7.71. The fourth-order valence-electron chi connectivity index (χ4n) is 1.82. The highest BCUT2D eigenvalue weighted by molar-refractivity contribution is 6.30. The Morgan fingerprint density at radius 3 is 2.38 bits per heavy atom. The topological polar surface area (TPSA) is 67.9 Å². The molecule has 0 fully saturated rings. The van der Waals surface area contributed by atoms with E-state index in [4.69, 9.17) is 21.1 Å². The lowest BCUT2D eigenvalue weighted by Crippen LogP contribution is -2.47. The molecule has 0 heterocycles. The Bertz CT molecular complexity index is 555. The number of halogens is 1. The van der Waals surface area contributed by atoms with Gasteiger partial charge in [-0.15, -0.1) is 0 Å². The molecule has 0 radical (unpaired) electrons. The molecule has 0 saturated heterocycles. The maximum atomic E-state index is 12.2. The van der Waals surface area contributed by atoms with Crippen molar-refractivity contribution in [2.45, 2.75) is 39.3 Å². The number of hydrogen-bond donors (Lipinski definition) is 1. The van der Waals surface area contributed by atoms with Crippen molar-refractivity contribution in [3.05, 3.63) is 29.3 Å². The number of nitrogens with zero attached hydrogens (tertiary/aromatic N) is 1. The Labute approximate surface area is 148 Å². The van der Waals surface area contributed by atoms with Crippen molar-refractivity contribution in [2.24, 2.45) is 0 Å². The molecule has 7 heteroatoms. The van der Waals surface area contributed by atoms with E-state index in [1.807, 2.05) is 0 Å². The molecule has 2 amide bonds. The van der Waals surface area contributed by atoms with E-state index in [0.29, 0.717) is 23.9 Å². The summed E-state index contributed by atoms with van der Waals surface area (Å²) in [5, 5.41) is 3.16. The minimum absolute atomic E-state index is 0.222. The van der Waals surface area contributed by atoms with Crippen molar-refractivity contribution < 1.29 is 19.1 Å². The molecule has 0 unspecified atom stereocenters. The fourth-order valence-corrected chi connectivity index (χ4v) is 1.94. The van der Waals surface area contributed by atoms with Gasteiger partial charge < -0.3 is 19.7 Å². The Balaban J connectivity index is 2.37. The first-order chi connectivity index (χ1) is 11.1. The van der Waals surface area contributed by atoms with E-state index < -0.39 is 17.7 Å². The summed E-state index contributed by atoms with van der Waals surface area (Å²) >= 11 is 5.80. The third kappa shape index (κ3) is 7.55. The van der Waals surface area contributed by atoms with Crippen molar-refractivity contribution in [1.82, 2.24) is 10.2 Å². The maximum absolute atomic E-state index is 12.2. The highest BCUT2D eigenvalue weighted by atomic mass is 35.5. The molecule has 0 spiro atoms. The molecular formula is C17H25ClN2O4. The Hall–Kier alpha value is -1.95. The van der Waals surface area contributed by atoms with Crippen molar-refractivity contribution in [3.63, 3.8) is 0 Å². The molecule has 0 aromatic heterocycles. The van der Waals surface area contributed by atoms with E-state index in [1.165, 1.54) is 4.90 Å². The lowest BCUT2D eigenvalue weighted by atomic mass is 10.2. The van der Waals surface area contributed by atoms with Gasteiger partial charge in [0, 0.05) is 12.1 Å². The third-order valence-electron chi connectivity index (χ3n) is 2.99. The molecule has 0 saturated carbocycles. The quantitative estimate of drug-likeness (QED) is 0.850. The first kappa shape index (κ1) is 20.1. The van der Waals surface area contributed by atoms with E-state index in [0.717, 1.165) is 0 Å². The van der Waals surface area contributed by atoms with Crippen LogP contribution in [-0.2, 0) is 9.53 Å². The Kier molecular flexibility index (Phi) is 7.35. The van der Waals surface area contributed by atoms with Crippen LogP contribution in [0.4, 0.5) is 4.79 Å². The second kappa shape index (κ2) is 8.78. The minimum Gasteiger partial charge on any atom is -0.492 e. The van der Waals surface area contributed by atoms with E-state index >= 15 is 0 Å². The van der Waals surface area contributed by atoms with Crippen molar-refractivity contribution in [2.75, 3.05) is 20.2 Å². The summed E-state index contributed by atoms with van der Waals surface area (Å²) in [6, 6.07) is 6.31. The Morgan fingerprint density at radius 1 is 1.25 bits per heavy atom. The van der Waals surface area contributed by atoms with Crippen LogP contribution in [0, 0.1) is 0 Å². The van der Waals surface area contributed by atoms with Gasteiger partial charge in [-0.25, -0.2) is 4.79 Å². The van der Waals surface area contributed by atoms with Gasteiger partial charge in [0.25, 0.3) is 0 Å². The lowest BCUT2D eigenvalue weighted by molar-refractivity contribution is -0.132. The summed E-state index contributed by atoms with van der Waals surface area (Å²) in [5.74, 6) is 0.459. The fraction of sp³-hybridized carbons (Fsp3) is 0.529. The number of amides is 2. The standard InChI is InChI=1S/C17H25ClN2O4/c1-12(19-16(22)24-17(2,3)4)15(21)20(5)10-11-23-14-8-6-13(18)7-9-14/h6-9,12H,10-11H2,1-5H3,(H,19,22)/t12-/m1/s1. The molecule has 0 aliphatic rings. The van der Waals surface area contributed by atoms with Crippen molar-refractivity contribution >= 4 is 23.6 Å². The predicted molar refractivity (Wildman–Crippen MR) is 93.4 cm³/mol. The van der Waals surface area contributed by atoms with Crippen molar-refractivity contribution in [3.8, 4) is 5.75 Å². The first-order valence-corrected chi connectivity index (χ1v) is 8.09. The molecule has 0 aliphatic heterocycles. The molecule has 6 nitrogen and oxygen atoms in total. The molecule has 1 atom stereocenters. The summed E-state index contributed by atoms with van der Waals surface area (Å²) in [4.78, 5) is 25.4. The summed E-state index contributed by atoms with van der Waals surface area (Å²) in [7, 11) is 1.65. The van der Waals surface area contributed by atoms with E-state index in [9.17, 15) is 9.59 Å². The van der Waals surface area contributed by atoms with Crippen LogP contribution in [0.3, 0.4) is 0 Å². The Morgan fingerprint density at radius 2 is 1.83 bits per heavy atom. The number of ether oxygens (including phenoxy) is 2. The van der Waals surface area contributed by atoms with Gasteiger partial charge in [0.1, 0.15) is 24.0 Å². The van der Waals surface area contributed by atoms with Crippen LogP contribution >= 0.6 is 11.6 Å². The highest BCUT2D eigenvalue weighted by Gasteiger charge is 2.23. The van der Waals surface area contributed by atoms with Crippen LogP contribution in [0.5, 0.6) is 5.75 Å². The van der Waals surface area contributed by atoms with Crippen LogP contribution in [0.25, 0.3) is 0 Å². The molecule has 0 aliphatic carbocycles. The van der Waals surface area contributed by atoms with Gasteiger partial charge in [0.2, 0.25) is 5.91 Å². The molecular weight excluding hydrogens is 332 g/mol. The number of nitrogens with one attached hydrogen (secondary N) is 1. The second-order valence-corrected chi connectivity index (χ2v) is 6.87. The zero-order valence-corrected chi connectivity index (χ0v) is 15.5. The van der Waals surface area contributed by atoms with E-state index in [2.05, 4.69) is 5.32 Å². The number of rotatable bonds is 6. The van der Waals surface area contributed by atoms with Crippen LogP contribution in [0.1, 0.15) is 27.7 Å². The smallest absolute Gasteiger partial charge is 0.408 e. The number of carbonyl (C=O) groups excluding carboxylic acids is 2. The third-order valence-corrected chi connectivity index (χ3v) is 3.24. The number of hydrogen-bond acceptors (Lipinski definition) is 4. The molecule has 134 valence electrons. The molecule has 1 aromatic carbocycles. The summed E-state index contributed by atoms with van der Waals surface area (Å²) < 4.78 is 10.7. The molecule has 24 heavy (non-hydrogen) atoms. The maximum Gasteiger partial charge on any atom is 0.408 e. The predicted octanol–water partition coefficient (Wildman–Crippen LogP) is 3.09. The van der Waals surface area contributed by atoms with Gasteiger partial charge in [0.05, 0.1) is 6.54 Å². The van der Waals surface area contributed by atoms with Gasteiger partial charge in [0.15, 0.2) is 0 Å². The van der Waals surface area contributed by atoms with Gasteiger partial charge in [-0.05, 0) is 52.0 Å². The lowest BCUT2D eigenvalue weighted by Gasteiger charge is -2.24. The van der Waals surface area contributed by atoms with Gasteiger partial charge in [-0.2, -0.15) is 0 Å². The van der Waals surface area contributed by atoms with Crippen LogP contribution in [0.15, 0.2) is 24.3 Å². The number of benzene rings is 1.